The van der Waals surface area contributed by atoms with Gasteiger partial charge in [0.15, 0.2) is 0 Å². The molecule has 0 unspecified atom stereocenters. The number of hydrogen-bond donors (Lipinski definition) is 3. The number of nitrogens with one attached hydrogen (secondary N) is 2. The van der Waals surface area contributed by atoms with Crippen LogP contribution in [0.2, 0.25) is 0 Å². The van der Waals surface area contributed by atoms with Crippen molar-refractivity contribution in [3.05, 3.63) is 23.9 Å². The molecule has 0 saturated carbocycles. The molecule has 2 heterocycles. The fraction of sp³-hybridized carbons (Fsp3) is 0.300. The summed E-state index contributed by atoms with van der Waals surface area (Å²) in [5, 5.41) is 11.6. The minimum Gasteiger partial charge on any atom is -0.307 e. The first-order valence-corrected chi connectivity index (χ1v) is 5.14. The Morgan fingerprint density at radius 3 is 3.12 bits per heavy atom. The molecule has 7 nitrogen and oxygen atoms in total. The summed E-state index contributed by atoms with van der Waals surface area (Å²) in [5.41, 5.74) is 1.71. The molecule has 2 amide bonds. The van der Waals surface area contributed by atoms with Crippen LogP contribution in [0.3, 0.4) is 0 Å². The maximum absolute atomic E-state index is 11.7. The molecule has 0 spiro atoms. The Labute approximate surface area is 97.4 Å². The molecule has 1 aromatic rings. The Hall–Kier alpha value is -1.99. The average molecular weight is 236 g/mol. The molecule has 1 aromatic heterocycles. The number of amides is 2. The van der Waals surface area contributed by atoms with E-state index >= 15 is 0 Å². The van der Waals surface area contributed by atoms with E-state index in [0.717, 1.165) is 0 Å². The second kappa shape index (κ2) is 4.89. The predicted molar refractivity (Wildman–Crippen MR) is 58.7 cm³/mol. The average Bonchev–Trinajstić information content (AvgIpc) is 2.38. The van der Waals surface area contributed by atoms with Gasteiger partial charge in [0.1, 0.15) is 5.82 Å². The number of hydroxylamine groups is 1. The van der Waals surface area contributed by atoms with Gasteiger partial charge in [-0.15, -0.1) is 0 Å². The van der Waals surface area contributed by atoms with Crippen LogP contribution in [0.25, 0.3) is 0 Å². The summed E-state index contributed by atoms with van der Waals surface area (Å²) >= 11 is 0. The van der Waals surface area contributed by atoms with Crippen LogP contribution in [-0.2, 0) is 4.79 Å². The van der Waals surface area contributed by atoms with Gasteiger partial charge in [-0.25, -0.2) is 10.5 Å². The summed E-state index contributed by atoms with van der Waals surface area (Å²) in [6.45, 7) is 1.31. The lowest BCUT2D eigenvalue weighted by atomic mass is 10.2. The monoisotopic (exact) mass is 236 g/mol. The number of piperazine rings is 1. The van der Waals surface area contributed by atoms with E-state index < -0.39 is 5.91 Å². The molecular formula is C10H12N4O3. The Bertz CT molecular complexity index is 449. The molecule has 1 fully saturated rings. The van der Waals surface area contributed by atoms with Crippen molar-refractivity contribution in [1.82, 2.24) is 15.8 Å². The first-order chi connectivity index (χ1) is 8.24. The van der Waals surface area contributed by atoms with Crippen molar-refractivity contribution in [1.29, 1.82) is 0 Å². The predicted octanol–water partition coefficient (Wildman–Crippen LogP) is -0.863. The number of nitrogens with zero attached hydrogens (tertiary/aromatic N) is 2. The van der Waals surface area contributed by atoms with Gasteiger partial charge in [0.25, 0.3) is 5.91 Å². The van der Waals surface area contributed by atoms with Crippen molar-refractivity contribution in [2.24, 2.45) is 0 Å². The lowest BCUT2D eigenvalue weighted by molar-refractivity contribution is -0.118. The Kier molecular flexibility index (Phi) is 3.31. The Morgan fingerprint density at radius 1 is 1.59 bits per heavy atom. The SMILES string of the molecule is O=C(NO)c1cccnc1N1CCNCC1=O. The van der Waals surface area contributed by atoms with E-state index in [9.17, 15) is 9.59 Å². The summed E-state index contributed by atoms with van der Waals surface area (Å²) in [4.78, 5) is 28.6. The molecule has 3 N–H and O–H groups in total. The van der Waals surface area contributed by atoms with Crippen molar-refractivity contribution in [3.8, 4) is 0 Å². The van der Waals surface area contributed by atoms with E-state index in [-0.39, 0.29) is 23.8 Å². The van der Waals surface area contributed by atoms with Gasteiger partial charge in [-0.05, 0) is 12.1 Å². The quantitative estimate of drug-likeness (QED) is 0.458. The number of carbonyl (C=O) groups is 2. The van der Waals surface area contributed by atoms with Crippen LogP contribution in [0.15, 0.2) is 18.3 Å². The van der Waals surface area contributed by atoms with E-state index in [1.807, 2.05) is 0 Å². The summed E-state index contributed by atoms with van der Waals surface area (Å²) in [6, 6.07) is 3.07. The number of anilines is 1. The van der Waals surface area contributed by atoms with Crippen LogP contribution >= 0.6 is 0 Å². The fourth-order valence-corrected chi connectivity index (χ4v) is 1.68. The summed E-state index contributed by atoms with van der Waals surface area (Å²) in [5.74, 6) is -0.563. The van der Waals surface area contributed by atoms with Crippen LogP contribution in [0, 0.1) is 0 Å². The number of carbonyl (C=O) groups excluding carboxylic acids is 2. The first-order valence-electron chi connectivity index (χ1n) is 5.14. The highest BCUT2D eigenvalue weighted by atomic mass is 16.5. The van der Waals surface area contributed by atoms with E-state index in [4.69, 9.17) is 5.21 Å². The number of hydrogen-bond acceptors (Lipinski definition) is 5. The van der Waals surface area contributed by atoms with Gasteiger partial charge in [0, 0.05) is 19.3 Å². The maximum Gasteiger partial charge on any atom is 0.278 e. The standard InChI is InChI=1S/C10H12N4O3/c15-8-6-11-4-5-14(8)9-7(10(16)13-17)2-1-3-12-9/h1-3,11,17H,4-6H2,(H,13,16). The van der Waals surface area contributed by atoms with Crippen molar-refractivity contribution in [2.75, 3.05) is 24.5 Å². The van der Waals surface area contributed by atoms with Gasteiger partial charge < -0.3 is 5.32 Å². The number of pyridine rings is 1. The van der Waals surface area contributed by atoms with Gasteiger partial charge >= 0.3 is 0 Å². The van der Waals surface area contributed by atoms with Crippen molar-refractivity contribution in [3.63, 3.8) is 0 Å². The molecule has 7 heteroatoms. The zero-order valence-electron chi connectivity index (χ0n) is 9.01. The molecule has 0 aromatic carbocycles. The molecule has 1 saturated heterocycles. The Morgan fingerprint density at radius 2 is 2.41 bits per heavy atom. The number of aromatic nitrogens is 1. The highest BCUT2D eigenvalue weighted by molar-refractivity contribution is 6.03. The van der Waals surface area contributed by atoms with E-state index in [2.05, 4.69) is 10.3 Å². The smallest absolute Gasteiger partial charge is 0.278 e. The van der Waals surface area contributed by atoms with Gasteiger partial charge in [-0.3, -0.25) is 19.7 Å². The van der Waals surface area contributed by atoms with Crippen LogP contribution < -0.4 is 15.7 Å². The van der Waals surface area contributed by atoms with Crippen LogP contribution in [0.1, 0.15) is 10.4 Å². The molecule has 0 aliphatic carbocycles. The van der Waals surface area contributed by atoms with Crippen LogP contribution in [0.5, 0.6) is 0 Å². The van der Waals surface area contributed by atoms with Gasteiger partial charge in [-0.2, -0.15) is 0 Å². The molecule has 1 aliphatic rings. The van der Waals surface area contributed by atoms with Gasteiger partial charge in [-0.1, -0.05) is 0 Å². The second-order valence-corrected chi connectivity index (χ2v) is 3.54. The normalized spacial score (nSPS) is 15.8. The topological polar surface area (TPSA) is 94.6 Å². The van der Waals surface area contributed by atoms with Crippen molar-refractivity contribution in [2.45, 2.75) is 0 Å². The zero-order chi connectivity index (χ0) is 12.3. The molecular weight excluding hydrogens is 224 g/mol. The molecule has 90 valence electrons. The van der Waals surface area contributed by atoms with E-state index in [0.29, 0.717) is 13.1 Å². The molecule has 0 bridgehead atoms. The lowest BCUT2D eigenvalue weighted by Crippen LogP contribution is -2.49. The fourth-order valence-electron chi connectivity index (χ4n) is 1.68. The second-order valence-electron chi connectivity index (χ2n) is 3.54. The highest BCUT2D eigenvalue weighted by Gasteiger charge is 2.24. The summed E-state index contributed by atoms with van der Waals surface area (Å²) in [6.07, 6.45) is 1.50. The number of rotatable bonds is 2. The lowest BCUT2D eigenvalue weighted by Gasteiger charge is -2.27. The van der Waals surface area contributed by atoms with Gasteiger partial charge in [0.2, 0.25) is 5.91 Å². The largest absolute Gasteiger partial charge is 0.307 e. The minimum atomic E-state index is -0.681. The molecule has 0 atom stereocenters. The third-order valence-corrected chi connectivity index (χ3v) is 2.48. The van der Waals surface area contributed by atoms with E-state index in [1.165, 1.54) is 17.2 Å². The third kappa shape index (κ3) is 2.24. The summed E-state index contributed by atoms with van der Waals surface area (Å²) < 4.78 is 0. The highest BCUT2D eigenvalue weighted by Crippen LogP contribution is 2.17. The molecule has 0 radical (unpaired) electrons. The summed E-state index contributed by atoms with van der Waals surface area (Å²) in [7, 11) is 0. The molecule has 2 rings (SSSR count). The Balaban J connectivity index is 2.37. The molecule has 1 aliphatic heterocycles. The first kappa shape index (κ1) is 11.5. The van der Waals surface area contributed by atoms with Crippen LogP contribution in [0.4, 0.5) is 5.82 Å². The van der Waals surface area contributed by atoms with E-state index in [1.54, 1.807) is 11.5 Å². The molecule has 17 heavy (non-hydrogen) atoms. The van der Waals surface area contributed by atoms with Crippen molar-refractivity contribution < 1.29 is 14.8 Å². The minimum absolute atomic E-state index is 0.151. The van der Waals surface area contributed by atoms with Crippen molar-refractivity contribution >= 4 is 17.6 Å². The van der Waals surface area contributed by atoms with Crippen LogP contribution in [-0.4, -0.2) is 41.6 Å². The maximum atomic E-state index is 11.7. The zero-order valence-corrected chi connectivity index (χ0v) is 9.01. The third-order valence-electron chi connectivity index (χ3n) is 2.48. The van der Waals surface area contributed by atoms with Gasteiger partial charge in [0.05, 0.1) is 12.1 Å².